The fraction of sp³-hybridized carbons (Fsp3) is 0.0400. The number of rotatable bonds is 2. The van der Waals surface area contributed by atoms with Crippen LogP contribution in [0.25, 0.3) is 48.3 Å². The van der Waals surface area contributed by atoms with Crippen LogP contribution in [0, 0.1) is 6.92 Å². The third-order valence-electron chi connectivity index (χ3n) is 5.40. The van der Waals surface area contributed by atoms with E-state index in [-0.39, 0.29) is 0 Å². The molecule has 0 saturated heterocycles. The lowest BCUT2D eigenvalue weighted by molar-refractivity contribution is 1.08. The van der Waals surface area contributed by atoms with Gasteiger partial charge in [-0.1, -0.05) is 36.4 Å². The second-order valence-corrected chi connectivity index (χ2v) is 8.26. The van der Waals surface area contributed by atoms with Crippen LogP contribution in [-0.2, 0) is 0 Å². The van der Waals surface area contributed by atoms with E-state index >= 15 is 0 Å². The summed E-state index contributed by atoms with van der Waals surface area (Å²) < 4.78 is 4.85. The Bertz CT molecular complexity index is 1510. The number of para-hydroxylation sites is 1. The summed E-state index contributed by atoms with van der Waals surface area (Å²) in [5.74, 6) is 0.944. The first kappa shape index (κ1) is 16.5. The van der Waals surface area contributed by atoms with Gasteiger partial charge in [-0.3, -0.25) is 9.55 Å². The number of imidazole rings is 1. The lowest BCUT2D eigenvalue weighted by Gasteiger charge is -2.10. The maximum Gasteiger partial charge on any atom is 0.145 e. The molecular formula is C25H17N3S. The molecule has 0 aliphatic heterocycles. The maximum atomic E-state index is 5.02. The quantitative estimate of drug-likeness (QED) is 0.326. The standard InChI is InChI=1S/C25H17N3S/c1-16-24-21(13-14-26-16)27-25(28(24)18-7-3-2-4-8-18)17-11-12-23-20(15-17)19-9-5-6-10-22(19)29-23/h2-15H,1H3. The molecule has 0 spiro atoms. The molecule has 3 aromatic heterocycles. The zero-order chi connectivity index (χ0) is 19.4. The summed E-state index contributed by atoms with van der Waals surface area (Å²) in [7, 11) is 0. The summed E-state index contributed by atoms with van der Waals surface area (Å²) in [6.45, 7) is 2.04. The molecule has 29 heavy (non-hydrogen) atoms. The molecule has 138 valence electrons. The molecule has 4 heteroatoms. The van der Waals surface area contributed by atoms with E-state index in [0.29, 0.717) is 0 Å². The van der Waals surface area contributed by atoms with Gasteiger partial charge < -0.3 is 0 Å². The fourth-order valence-electron chi connectivity index (χ4n) is 4.07. The average Bonchev–Trinajstić information content (AvgIpc) is 3.33. The zero-order valence-electron chi connectivity index (χ0n) is 15.8. The Morgan fingerprint density at radius 2 is 1.59 bits per heavy atom. The Morgan fingerprint density at radius 3 is 2.48 bits per heavy atom. The van der Waals surface area contributed by atoms with E-state index in [1.807, 2.05) is 36.6 Å². The first-order valence-corrected chi connectivity index (χ1v) is 10.4. The highest BCUT2D eigenvalue weighted by atomic mass is 32.1. The van der Waals surface area contributed by atoms with Crippen molar-refractivity contribution in [3.8, 4) is 17.1 Å². The maximum absolute atomic E-state index is 5.02. The monoisotopic (exact) mass is 391 g/mol. The van der Waals surface area contributed by atoms with Crippen molar-refractivity contribution in [2.24, 2.45) is 0 Å². The Hall–Kier alpha value is -3.50. The van der Waals surface area contributed by atoms with Gasteiger partial charge in [-0.25, -0.2) is 4.98 Å². The van der Waals surface area contributed by atoms with Gasteiger partial charge in [0.05, 0.1) is 16.7 Å². The van der Waals surface area contributed by atoms with E-state index < -0.39 is 0 Å². The van der Waals surface area contributed by atoms with E-state index in [2.05, 4.69) is 76.3 Å². The number of nitrogens with zero attached hydrogens (tertiary/aromatic N) is 3. The minimum Gasteiger partial charge on any atom is -0.291 e. The van der Waals surface area contributed by atoms with E-state index in [1.165, 1.54) is 20.2 Å². The normalized spacial score (nSPS) is 11.6. The highest BCUT2D eigenvalue weighted by Gasteiger charge is 2.17. The predicted molar refractivity (Wildman–Crippen MR) is 122 cm³/mol. The molecule has 3 aromatic carbocycles. The minimum atomic E-state index is 0.944. The van der Waals surface area contributed by atoms with Gasteiger partial charge in [0.2, 0.25) is 0 Å². The third-order valence-corrected chi connectivity index (χ3v) is 6.55. The van der Waals surface area contributed by atoms with Gasteiger partial charge in [0.1, 0.15) is 5.82 Å². The molecule has 6 aromatic rings. The molecule has 0 N–H and O–H groups in total. The molecule has 0 aliphatic carbocycles. The number of aromatic nitrogens is 3. The number of hydrogen-bond donors (Lipinski definition) is 0. The molecule has 3 nitrogen and oxygen atoms in total. The number of fused-ring (bicyclic) bond motifs is 4. The van der Waals surface area contributed by atoms with Crippen molar-refractivity contribution < 1.29 is 0 Å². The van der Waals surface area contributed by atoms with Crippen LogP contribution in [0.5, 0.6) is 0 Å². The second kappa shape index (κ2) is 6.26. The Labute approximate surface area is 171 Å². The van der Waals surface area contributed by atoms with E-state index in [4.69, 9.17) is 4.98 Å². The van der Waals surface area contributed by atoms with Crippen molar-refractivity contribution in [3.05, 3.63) is 90.8 Å². The van der Waals surface area contributed by atoms with Crippen LogP contribution >= 0.6 is 11.3 Å². The van der Waals surface area contributed by atoms with Crippen LogP contribution in [0.4, 0.5) is 0 Å². The Balaban J connectivity index is 1.69. The van der Waals surface area contributed by atoms with Crippen molar-refractivity contribution in [3.63, 3.8) is 0 Å². The Kier molecular flexibility index (Phi) is 3.55. The van der Waals surface area contributed by atoms with Crippen molar-refractivity contribution in [2.75, 3.05) is 0 Å². The van der Waals surface area contributed by atoms with Crippen LogP contribution in [0.1, 0.15) is 5.69 Å². The van der Waals surface area contributed by atoms with Gasteiger partial charge >= 0.3 is 0 Å². The van der Waals surface area contributed by atoms with Crippen molar-refractivity contribution in [2.45, 2.75) is 6.92 Å². The number of thiophene rings is 1. The molecule has 0 amide bonds. The molecule has 0 atom stereocenters. The molecule has 0 unspecified atom stereocenters. The molecule has 0 fully saturated rings. The molecule has 0 saturated carbocycles. The highest BCUT2D eigenvalue weighted by molar-refractivity contribution is 7.25. The number of hydrogen-bond acceptors (Lipinski definition) is 3. The first-order valence-electron chi connectivity index (χ1n) is 9.61. The first-order chi connectivity index (χ1) is 14.3. The van der Waals surface area contributed by atoms with E-state index in [1.54, 1.807) is 0 Å². The lowest BCUT2D eigenvalue weighted by atomic mass is 10.1. The number of aryl methyl sites for hydroxylation is 1. The molecule has 0 aliphatic rings. The van der Waals surface area contributed by atoms with E-state index in [0.717, 1.165) is 33.8 Å². The number of benzene rings is 3. The minimum absolute atomic E-state index is 0.944. The van der Waals surface area contributed by atoms with Crippen LogP contribution in [0.2, 0.25) is 0 Å². The summed E-state index contributed by atoms with van der Waals surface area (Å²) in [6, 6.07) is 27.7. The van der Waals surface area contributed by atoms with Crippen LogP contribution < -0.4 is 0 Å². The molecular weight excluding hydrogens is 374 g/mol. The van der Waals surface area contributed by atoms with Gasteiger partial charge in [0.25, 0.3) is 0 Å². The molecule has 0 radical (unpaired) electrons. The van der Waals surface area contributed by atoms with Crippen molar-refractivity contribution in [1.82, 2.24) is 14.5 Å². The van der Waals surface area contributed by atoms with Crippen LogP contribution in [0.15, 0.2) is 85.1 Å². The summed E-state index contributed by atoms with van der Waals surface area (Å²) in [5, 5.41) is 2.58. The van der Waals surface area contributed by atoms with Gasteiger partial charge in [-0.05, 0) is 49.4 Å². The highest BCUT2D eigenvalue weighted by Crippen LogP contribution is 2.37. The average molecular weight is 391 g/mol. The topological polar surface area (TPSA) is 30.7 Å². The van der Waals surface area contributed by atoms with Gasteiger partial charge in [-0.15, -0.1) is 11.3 Å². The van der Waals surface area contributed by atoms with Gasteiger partial charge in [0, 0.05) is 37.6 Å². The number of pyridine rings is 1. The third kappa shape index (κ3) is 2.50. The smallest absolute Gasteiger partial charge is 0.145 e. The lowest BCUT2D eigenvalue weighted by Crippen LogP contribution is -1.99. The van der Waals surface area contributed by atoms with Gasteiger partial charge in [0.15, 0.2) is 0 Å². The Morgan fingerprint density at radius 1 is 0.793 bits per heavy atom. The largest absolute Gasteiger partial charge is 0.291 e. The molecule has 0 bridgehead atoms. The molecule has 6 rings (SSSR count). The summed E-state index contributed by atoms with van der Waals surface area (Å²) >= 11 is 1.84. The fourth-order valence-corrected chi connectivity index (χ4v) is 5.16. The summed E-state index contributed by atoms with van der Waals surface area (Å²) in [5.41, 5.74) is 5.21. The second-order valence-electron chi connectivity index (χ2n) is 7.18. The van der Waals surface area contributed by atoms with Crippen LogP contribution in [0.3, 0.4) is 0 Å². The summed E-state index contributed by atoms with van der Waals surface area (Å²) in [6.07, 6.45) is 1.83. The predicted octanol–water partition coefficient (Wildman–Crippen LogP) is 6.76. The van der Waals surface area contributed by atoms with Gasteiger partial charge in [-0.2, -0.15) is 0 Å². The molecule has 3 heterocycles. The van der Waals surface area contributed by atoms with Crippen LogP contribution in [-0.4, -0.2) is 14.5 Å². The van der Waals surface area contributed by atoms with Crippen molar-refractivity contribution in [1.29, 1.82) is 0 Å². The zero-order valence-corrected chi connectivity index (χ0v) is 16.6. The van der Waals surface area contributed by atoms with E-state index in [9.17, 15) is 0 Å². The summed E-state index contributed by atoms with van der Waals surface area (Å²) in [4.78, 5) is 9.54. The SMILES string of the molecule is Cc1nccc2nc(-c3ccc4sc5ccccc5c4c3)n(-c3ccccc3)c12. The van der Waals surface area contributed by atoms with Crippen molar-refractivity contribution >= 4 is 42.5 Å².